The maximum Gasteiger partial charge on any atom is 0.234 e. The highest BCUT2D eigenvalue weighted by atomic mass is 32.2. The van der Waals surface area contributed by atoms with Gasteiger partial charge < -0.3 is 10.2 Å². The molecule has 6 nitrogen and oxygen atoms in total. The minimum absolute atomic E-state index is 0.0697. The van der Waals surface area contributed by atoms with E-state index in [0.717, 1.165) is 11.3 Å². The Bertz CT molecular complexity index is 1230. The summed E-state index contributed by atoms with van der Waals surface area (Å²) >= 11 is 1.26. The number of carbonyl (C=O) groups excluding carboxylic acids is 2. The Hall–Kier alpha value is -3.78. The van der Waals surface area contributed by atoms with E-state index in [1.165, 1.54) is 30.8 Å². The summed E-state index contributed by atoms with van der Waals surface area (Å²) in [7, 11) is 0. The van der Waals surface area contributed by atoms with Gasteiger partial charge in [-0.05, 0) is 43.3 Å². The second kappa shape index (κ2) is 10.2. The zero-order valence-electron chi connectivity index (χ0n) is 17.9. The second-order valence-corrected chi connectivity index (χ2v) is 8.20. The molecule has 4 rings (SSSR count). The average molecular weight is 461 g/mol. The fourth-order valence-corrected chi connectivity index (χ4v) is 4.00. The Labute approximate surface area is 195 Å². The van der Waals surface area contributed by atoms with Crippen molar-refractivity contribution < 1.29 is 14.0 Å². The van der Waals surface area contributed by atoms with Gasteiger partial charge in [0.15, 0.2) is 16.8 Å². The van der Waals surface area contributed by atoms with Crippen LogP contribution in [0, 0.1) is 5.82 Å². The third kappa shape index (κ3) is 5.72. The number of rotatable bonds is 6. The maximum atomic E-state index is 13.4. The van der Waals surface area contributed by atoms with Crippen LogP contribution >= 0.6 is 11.8 Å². The number of nitrogens with one attached hydrogen (secondary N) is 1. The predicted octanol–water partition coefficient (Wildman–Crippen LogP) is 4.98. The van der Waals surface area contributed by atoms with Crippen molar-refractivity contribution in [2.75, 3.05) is 22.6 Å². The van der Waals surface area contributed by atoms with Crippen LogP contribution in [0.2, 0.25) is 0 Å². The van der Waals surface area contributed by atoms with Gasteiger partial charge >= 0.3 is 0 Å². The third-order valence-electron chi connectivity index (χ3n) is 4.85. The minimum atomic E-state index is -0.331. The van der Waals surface area contributed by atoms with Crippen LogP contribution in [0.3, 0.4) is 0 Å². The lowest BCUT2D eigenvalue weighted by molar-refractivity contribution is -0.113. The number of amidine groups is 2. The van der Waals surface area contributed by atoms with E-state index in [2.05, 4.69) is 15.3 Å². The normalized spacial score (nSPS) is 13.2. The van der Waals surface area contributed by atoms with E-state index in [0.29, 0.717) is 28.9 Å². The van der Waals surface area contributed by atoms with Gasteiger partial charge in [0.1, 0.15) is 12.5 Å². The third-order valence-corrected chi connectivity index (χ3v) is 5.83. The van der Waals surface area contributed by atoms with Crippen LogP contribution in [0.5, 0.6) is 0 Å². The number of thioether (sulfide) groups is 1. The van der Waals surface area contributed by atoms with Crippen molar-refractivity contribution in [2.24, 2.45) is 9.98 Å². The number of Topliss-reactive ketones (excluding diaryl/α,β-unsaturated/α-hetero) is 1. The van der Waals surface area contributed by atoms with Crippen molar-refractivity contribution >= 4 is 45.8 Å². The first-order valence-electron chi connectivity index (χ1n) is 10.2. The first-order chi connectivity index (χ1) is 16.0. The van der Waals surface area contributed by atoms with Crippen LogP contribution in [0.1, 0.15) is 22.8 Å². The molecule has 166 valence electrons. The van der Waals surface area contributed by atoms with Gasteiger partial charge in [0.2, 0.25) is 5.91 Å². The molecule has 3 aromatic carbocycles. The summed E-state index contributed by atoms with van der Waals surface area (Å²) in [6.45, 7) is 1.78. The molecule has 0 bridgehead atoms. The smallest absolute Gasteiger partial charge is 0.234 e. The lowest BCUT2D eigenvalue weighted by Gasteiger charge is -2.27. The largest absolute Gasteiger partial charge is 0.325 e. The molecule has 33 heavy (non-hydrogen) atoms. The van der Waals surface area contributed by atoms with E-state index < -0.39 is 0 Å². The molecule has 0 saturated heterocycles. The standard InChI is InChI=1S/C25H21FN4O2S/c1-17(31)19-8-5-9-21(14-19)28-23(32)15-33-25-29-24(18-6-3-2-4-7-18)27-16-30(25)22-12-10-20(26)11-13-22/h2-14H,15-16H2,1H3,(H,28,32). The molecule has 0 fully saturated rings. The number of benzene rings is 3. The highest BCUT2D eigenvalue weighted by Gasteiger charge is 2.21. The van der Waals surface area contributed by atoms with Crippen molar-refractivity contribution in [3.63, 3.8) is 0 Å². The topological polar surface area (TPSA) is 74.1 Å². The first kappa shape index (κ1) is 22.4. The molecule has 0 saturated carbocycles. The minimum Gasteiger partial charge on any atom is -0.325 e. The Morgan fingerprint density at radius 2 is 1.79 bits per heavy atom. The molecule has 0 spiro atoms. The molecular weight excluding hydrogens is 439 g/mol. The van der Waals surface area contributed by atoms with Gasteiger partial charge in [-0.2, -0.15) is 0 Å². The summed E-state index contributed by atoms with van der Waals surface area (Å²) in [5, 5.41) is 3.40. The molecule has 3 aromatic rings. The second-order valence-electron chi connectivity index (χ2n) is 7.26. The van der Waals surface area contributed by atoms with Crippen LogP contribution in [-0.2, 0) is 4.79 Å². The number of nitrogens with zero attached hydrogens (tertiary/aromatic N) is 3. The molecule has 0 aliphatic carbocycles. The van der Waals surface area contributed by atoms with Crippen LogP contribution < -0.4 is 10.2 Å². The Balaban J connectivity index is 1.51. The number of anilines is 2. The van der Waals surface area contributed by atoms with Gasteiger partial charge in [0, 0.05) is 22.5 Å². The summed E-state index contributed by atoms with van der Waals surface area (Å²) in [5.41, 5.74) is 2.69. The fraction of sp³-hybridized carbons (Fsp3) is 0.120. The number of halogens is 1. The number of hydrogen-bond acceptors (Lipinski definition) is 6. The van der Waals surface area contributed by atoms with Crippen LogP contribution in [0.15, 0.2) is 88.8 Å². The SMILES string of the molecule is CC(=O)c1cccc(NC(=O)CSC2=NC(c3ccccc3)=NCN2c2ccc(F)cc2)c1. The van der Waals surface area contributed by atoms with E-state index in [-0.39, 0.29) is 23.3 Å². The lowest BCUT2D eigenvalue weighted by Crippen LogP contribution is -2.34. The zero-order valence-corrected chi connectivity index (χ0v) is 18.7. The molecular formula is C25H21FN4O2S. The number of hydrogen-bond donors (Lipinski definition) is 1. The van der Waals surface area contributed by atoms with Crippen LogP contribution in [0.25, 0.3) is 0 Å². The molecule has 1 N–H and O–H groups in total. The quantitative estimate of drug-likeness (QED) is 0.527. The van der Waals surface area contributed by atoms with Crippen molar-refractivity contribution in [2.45, 2.75) is 6.92 Å². The Morgan fingerprint density at radius 3 is 2.52 bits per heavy atom. The van der Waals surface area contributed by atoms with Crippen molar-refractivity contribution in [3.8, 4) is 0 Å². The van der Waals surface area contributed by atoms with E-state index in [4.69, 9.17) is 0 Å². The summed E-state index contributed by atoms with van der Waals surface area (Å²) in [5.74, 6) is 0.0441. The molecule has 1 amide bonds. The zero-order chi connectivity index (χ0) is 23.2. The van der Waals surface area contributed by atoms with Gasteiger partial charge in [0.05, 0.1) is 5.75 Å². The fourth-order valence-electron chi connectivity index (χ4n) is 3.19. The molecule has 0 aromatic heterocycles. The van der Waals surface area contributed by atoms with Gasteiger partial charge in [-0.25, -0.2) is 14.4 Å². The Morgan fingerprint density at radius 1 is 1.03 bits per heavy atom. The van der Waals surface area contributed by atoms with Crippen molar-refractivity contribution in [3.05, 3.63) is 95.8 Å². The van der Waals surface area contributed by atoms with Gasteiger partial charge in [0.25, 0.3) is 0 Å². The molecule has 1 aliphatic rings. The number of aliphatic imine (C=N–C) groups is 2. The maximum absolute atomic E-state index is 13.4. The summed E-state index contributed by atoms with van der Waals surface area (Å²) in [6.07, 6.45) is 0. The highest BCUT2D eigenvalue weighted by molar-refractivity contribution is 8.14. The molecule has 0 radical (unpaired) electrons. The summed E-state index contributed by atoms with van der Waals surface area (Å²) in [6, 6.07) is 22.5. The Kier molecular flexibility index (Phi) is 6.95. The molecule has 1 aliphatic heterocycles. The van der Waals surface area contributed by atoms with Crippen molar-refractivity contribution in [1.82, 2.24) is 0 Å². The molecule has 0 atom stereocenters. The first-order valence-corrected chi connectivity index (χ1v) is 11.2. The average Bonchev–Trinajstić information content (AvgIpc) is 2.84. The van der Waals surface area contributed by atoms with E-state index in [9.17, 15) is 14.0 Å². The molecule has 0 unspecified atom stereocenters. The summed E-state index contributed by atoms with van der Waals surface area (Å²) < 4.78 is 13.4. The van der Waals surface area contributed by atoms with Gasteiger partial charge in [-0.3, -0.25) is 9.59 Å². The van der Waals surface area contributed by atoms with E-state index >= 15 is 0 Å². The van der Waals surface area contributed by atoms with Gasteiger partial charge in [-0.1, -0.05) is 54.2 Å². The lowest BCUT2D eigenvalue weighted by atomic mass is 10.1. The summed E-state index contributed by atoms with van der Waals surface area (Å²) in [4.78, 5) is 35.3. The van der Waals surface area contributed by atoms with Crippen LogP contribution in [0.4, 0.5) is 15.8 Å². The number of ketones is 1. The number of amides is 1. The van der Waals surface area contributed by atoms with Crippen LogP contribution in [-0.4, -0.2) is 35.1 Å². The van der Waals surface area contributed by atoms with E-state index in [1.54, 1.807) is 36.4 Å². The van der Waals surface area contributed by atoms with Gasteiger partial charge in [-0.15, -0.1) is 0 Å². The monoisotopic (exact) mass is 460 g/mol. The highest BCUT2D eigenvalue weighted by Crippen LogP contribution is 2.24. The van der Waals surface area contributed by atoms with E-state index in [1.807, 2.05) is 35.2 Å². The molecule has 8 heteroatoms. The number of carbonyl (C=O) groups is 2. The predicted molar refractivity (Wildman–Crippen MR) is 132 cm³/mol. The van der Waals surface area contributed by atoms with Crippen molar-refractivity contribution in [1.29, 1.82) is 0 Å². The molecule has 1 heterocycles.